The van der Waals surface area contributed by atoms with Crippen LogP contribution in [0.1, 0.15) is 25.7 Å². The van der Waals surface area contributed by atoms with Crippen molar-refractivity contribution in [2.24, 2.45) is 11.5 Å². The van der Waals surface area contributed by atoms with Crippen molar-refractivity contribution in [1.29, 1.82) is 0 Å². The Balaban J connectivity index is 2.88. The summed E-state index contributed by atoms with van der Waals surface area (Å²) in [6.45, 7) is -0.935. The third kappa shape index (κ3) is 6.49. The van der Waals surface area contributed by atoms with Crippen LogP contribution in [-0.2, 0) is 24.0 Å². The zero-order chi connectivity index (χ0) is 20.6. The van der Waals surface area contributed by atoms with Crippen molar-refractivity contribution in [3.05, 3.63) is 0 Å². The molecular weight excluding hydrogens is 362 g/mol. The fraction of sp³-hybridized carbons (Fsp3) is 0.667. The monoisotopic (exact) mass is 387 g/mol. The molecule has 152 valence electrons. The molecule has 0 radical (unpaired) electrons. The summed E-state index contributed by atoms with van der Waals surface area (Å²) in [4.78, 5) is 59.9. The first kappa shape index (κ1) is 22.3. The van der Waals surface area contributed by atoms with E-state index >= 15 is 0 Å². The van der Waals surface area contributed by atoms with Gasteiger partial charge in [-0.2, -0.15) is 0 Å². The highest BCUT2D eigenvalue weighted by molar-refractivity contribution is 5.94. The second-order valence-corrected chi connectivity index (χ2v) is 6.10. The molecule has 3 unspecified atom stereocenters. The van der Waals surface area contributed by atoms with Crippen molar-refractivity contribution in [1.82, 2.24) is 15.5 Å². The molecule has 0 saturated carbocycles. The van der Waals surface area contributed by atoms with E-state index in [0.717, 1.165) is 0 Å². The fourth-order valence-electron chi connectivity index (χ4n) is 2.75. The molecule has 1 heterocycles. The van der Waals surface area contributed by atoms with Crippen LogP contribution >= 0.6 is 0 Å². The molecular formula is C15H25N5O7. The summed E-state index contributed by atoms with van der Waals surface area (Å²) in [5.41, 5.74) is 10.3. The average molecular weight is 387 g/mol. The third-order valence-electron chi connectivity index (χ3n) is 4.13. The lowest BCUT2D eigenvalue weighted by Crippen LogP contribution is -2.56. The van der Waals surface area contributed by atoms with Gasteiger partial charge in [0, 0.05) is 13.0 Å². The van der Waals surface area contributed by atoms with Gasteiger partial charge < -0.3 is 37.2 Å². The molecule has 27 heavy (non-hydrogen) atoms. The van der Waals surface area contributed by atoms with Gasteiger partial charge in [0.05, 0.1) is 13.2 Å². The van der Waals surface area contributed by atoms with E-state index in [1.54, 1.807) is 0 Å². The Morgan fingerprint density at radius 2 is 1.81 bits per heavy atom. The topological polar surface area (TPSA) is 205 Å². The predicted octanol–water partition coefficient (Wildman–Crippen LogP) is -3.75. The van der Waals surface area contributed by atoms with Gasteiger partial charge in [-0.05, 0) is 19.3 Å². The number of carboxylic acid groups (broad SMARTS) is 1. The van der Waals surface area contributed by atoms with Crippen LogP contribution in [0.15, 0.2) is 0 Å². The number of nitrogens with zero attached hydrogens (tertiary/aromatic N) is 1. The minimum absolute atomic E-state index is 0.0564. The number of hydrogen-bond donors (Lipinski definition) is 6. The van der Waals surface area contributed by atoms with E-state index in [4.69, 9.17) is 21.7 Å². The predicted molar refractivity (Wildman–Crippen MR) is 90.8 cm³/mol. The number of likely N-dealkylation sites (tertiary alicyclic amines) is 1. The molecule has 0 aliphatic carbocycles. The van der Waals surface area contributed by atoms with Crippen molar-refractivity contribution in [2.45, 2.75) is 43.8 Å². The number of carbonyl (C=O) groups excluding carboxylic acids is 4. The highest BCUT2D eigenvalue weighted by Crippen LogP contribution is 2.20. The largest absolute Gasteiger partial charge is 0.480 e. The summed E-state index contributed by atoms with van der Waals surface area (Å²) in [5, 5.41) is 22.5. The van der Waals surface area contributed by atoms with Gasteiger partial charge in [0.2, 0.25) is 23.6 Å². The van der Waals surface area contributed by atoms with Crippen LogP contribution in [0.5, 0.6) is 0 Å². The Hall–Kier alpha value is -2.73. The zero-order valence-electron chi connectivity index (χ0n) is 14.7. The number of aliphatic hydroxyl groups is 1. The number of aliphatic carboxylic acids is 1. The first-order chi connectivity index (χ1) is 12.7. The summed E-state index contributed by atoms with van der Waals surface area (Å²) >= 11 is 0. The molecule has 1 aliphatic rings. The first-order valence-corrected chi connectivity index (χ1v) is 8.43. The van der Waals surface area contributed by atoms with Gasteiger partial charge >= 0.3 is 5.97 Å². The lowest BCUT2D eigenvalue weighted by atomic mass is 10.1. The standard InChI is InChI=1S/C15H25N5O7/c16-6-12(23)18-8(3-4-11(17)22)14(25)20-5-1-2-10(20)13(24)19-9(7-21)15(26)27/h8-10,21H,1-7,16H2,(H2,17,22)(H,18,23)(H,19,24)(H,26,27). The van der Waals surface area contributed by atoms with Gasteiger partial charge in [0.25, 0.3) is 0 Å². The SMILES string of the molecule is NCC(=O)NC(CCC(N)=O)C(=O)N1CCCC1C(=O)NC(CO)C(=O)O. The number of amides is 4. The van der Waals surface area contributed by atoms with Gasteiger partial charge in [-0.1, -0.05) is 0 Å². The summed E-state index contributed by atoms with van der Waals surface area (Å²) in [7, 11) is 0. The van der Waals surface area contributed by atoms with Crippen LogP contribution in [0, 0.1) is 0 Å². The molecule has 0 bridgehead atoms. The number of nitrogens with one attached hydrogen (secondary N) is 2. The number of carboxylic acids is 1. The molecule has 0 spiro atoms. The highest BCUT2D eigenvalue weighted by Gasteiger charge is 2.38. The average Bonchev–Trinajstić information content (AvgIpc) is 3.11. The Morgan fingerprint density at radius 3 is 2.33 bits per heavy atom. The molecule has 1 saturated heterocycles. The van der Waals surface area contributed by atoms with Crippen molar-refractivity contribution in [3.8, 4) is 0 Å². The van der Waals surface area contributed by atoms with Crippen LogP contribution in [0.25, 0.3) is 0 Å². The number of aliphatic hydroxyl groups excluding tert-OH is 1. The van der Waals surface area contributed by atoms with Crippen molar-refractivity contribution in [2.75, 3.05) is 19.7 Å². The molecule has 1 fully saturated rings. The number of rotatable bonds is 10. The normalized spacial score (nSPS) is 18.4. The Kier molecular flexibility index (Phi) is 8.62. The van der Waals surface area contributed by atoms with E-state index in [9.17, 15) is 24.0 Å². The molecule has 1 aliphatic heterocycles. The summed E-state index contributed by atoms with van der Waals surface area (Å²) < 4.78 is 0. The maximum Gasteiger partial charge on any atom is 0.328 e. The molecule has 12 heteroatoms. The number of carbonyl (C=O) groups is 5. The molecule has 8 N–H and O–H groups in total. The van der Waals surface area contributed by atoms with Crippen molar-refractivity contribution < 1.29 is 34.2 Å². The lowest BCUT2D eigenvalue weighted by Gasteiger charge is -2.29. The van der Waals surface area contributed by atoms with Gasteiger partial charge in [-0.25, -0.2) is 4.79 Å². The fourth-order valence-corrected chi connectivity index (χ4v) is 2.75. The highest BCUT2D eigenvalue weighted by atomic mass is 16.4. The summed E-state index contributed by atoms with van der Waals surface area (Å²) in [6, 6.07) is -3.52. The number of nitrogens with two attached hydrogens (primary N) is 2. The summed E-state index contributed by atoms with van der Waals surface area (Å²) in [6.07, 6.45) is 0.577. The van der Waals surface area contributed by atoms with Gasteiger partial charge in [0.15, 0.2) is 0 Å². The molecule has 0 aromatic heterocycles. The maximum atomic E-state index is 12.8. The smallest absolute Gasteiger partial charge is 0.328 e. The van der Waals surface area contributed by atoms with E-state index in [2.05, 4.69) is 10.6 Å². The Morgan fingerprint density at radius 1 is 1.15 bits per heavy atom. The minimum atomic E-state index is -1.49. The minimum Gasteiger partial charge on any atom is -0.480 e. The second-order valence-electron chi connectivity index (χ2n) is 6.10. The van der Waals surface area contributed by atoms with Crippen LogP contribution in [-0.4, -0.2) is 82.5 Å². The van der Waals surface area contributed by atoms with E-state index in [1.807, 2.05) is 0 Å². The molecule has 3 atom stereocenters. The van der Waals surface area contributed by atoms with E-state index in [1.165, 1.54) is 4.90 Å². The van der Waals surface area contributed by atoms with Crippen LogP contribution in [0.3, 0.4) is 0 Å². The van der Waals surface area contributed by atoms with Crippen molar-refractivity contribution >= 4 is 29.6 Å². The quantitative estimate of drug-likeness (QED) is 0.219. The molecule has 0 aromatic carbocycles. The summed E-state index contributed by atoms with van der Waals surface area (Å²) in [5.74, 6) is -3.98. The van der Waals surface area contributed by atoms with Gasteiger partial charge in [-0.15, -0.1) is 0 Å². The van der Waals surface area contributed by atoms with E-state index < -0.39 is 54.3 Å². The molecule has 0 aromatic rings. The van der Waals surface area contributed by atoms with Crippen LogP contribution in [0.4, 0.5) is 0 Å². The van der Waals surface area contributed by atoms with Crippen LogP contribution < -0.4 is 22.1 Å². The Labute approximate surface area is 155 Å². The van der Waals surface area contributed by atoms with Gasteiger partial charge in [0.1, 0.15) is 18.1 Å². The third-order valence-corrected chi connectivity index (χ3v) is 4.13. The van der Waals surface area contributed by atoms with Gasteiger partial charge in [-0.3, -0.25) is 19.2 Å². The molecule has 12 nitrogen and oxygen atoms in total. The number of primary amides is 1. The van der Waals surface area contributed by atoms with E-state index in [-0.39, 0.29) is 25.9 Å². The second kappa shape index (κ2) is 10.4. The maximum absolute atomic E-state index is 12.8. The Bertz CT molecular complexity index is 597. The first-order valence-electron chi connectivity index (χ1n) is 8.43. The van der Waals surface area contributed by atoms with Crippen LogP contribution in [0.2, 0.25) is 0 Å². The zero-order valence-corrected chi connectivity index (χ0v) is 14.7. The van der Waals surface area contributed by atoms with Crippen molar-refractivity contribution in [3.63, 3.8) is 0 Å². The number of hydrogen-bond acceptors (Lipinski definition) is 7. The molecule has 4 amide bonds. The lowest BCUT2D eigenvalue weighted by molar-refractivity contribution is -0.145. The molecule has 1 rings (SSSR count). The van der Waals surface area contributed by atoms with E-state index in [0.29, 0.717) is 12.8 Å².